The van der Waals surface area contributed by atoms with E-state index in [0.29, 0.717) is 39.9 Å². The Morgan fingerprint density at radius 3 is 2.02 bits per heavy atom. The molecule has 0 spiro atoms. The minimum Gasteiger partial charge on any atom is -0.459 e. The van der Waals surface area contributed by atoms with E-state index in [1.165, 1.54) is 38.4 Å². The summed E-state index contributed by atoms with van der Waals surface area (Å²) in [4.78, 5) is 42.2. The normalized spacial score (nSPS) is 12.3. The molecule has 2 aromatic heterocycles. The smallest absolute Gasteiger partial charge is 0.338 e. The zero-order chi connectivity index (χ0) is 32.9. The Labute approximate surface area is 269 Å². The molecular weight excluding hydrogens is 566 g/mol. The summed E-state index contributed by atoms with van der Waals surface area (Å²) in [5.41, 5.74) is 10.1. The summed E-state index contributed by atoms with van der Waals surface area (Å²) in [5, 5.41) is 0. The van der Waals surface area contributed by atoms with Gasteiger partial charge in [-0.05, 0) is 95.3 Å². The van der Waals surface area contributed by atoms with Gasteiger partial charge in [0.2, 0.25) is 5.78 Å². The summed E-state index contributed by atoms with van der Waals surface area (Å²) in [6, 6.07) is 11.2. The lowest BCUT2D eigenvalue weighted by atomic mass is 9.95. The fourth-order valence-electron chi connectivity index (χ4n) is 5.83. The number of nitrogens with two attached hydrogens (primary N) is 1. The minimum atomic E-state index is -1.08. The molecule has 2 N–H and O–H groups in total. The van der Waals surface area contributed by atoms with Crippen LogP contribution < -0.4 is 5.73 Å². The number of pyridine rings is 1. The van der Waals surface area contributed by atoms with Crippen LogP contribution in [0.5, 0.6) is 0 Å². The van der Waals surface area contributed by atoms with Crippen molar-refractivity contribution in [1.82, 2.24) is 9.30 Å². The first-order valence-corrected chi connectivity index (χ1v) is 16.7. The van der Waals surface area contributed by atoms with Gasteiger partial charge < -0.3 is 24.5 Å². The maximum atomic E-state index is 14.2. The van der Waals surface area contributed by atoms with Gasteiger partial charge in [-0.2, -0.15) is 0 Å². The van der Waals surface area contributed by atoms with E-state index in [1.54, 1.807) is 36.6 Å². The molecule has 0 aliphatic heterocycles. The zero-order valence-electron chi connectivity index (χ0n) is 28.2. The van der Waals surface area contributed by atoms with Crippen molar-refractivity contribution >= 4 is 23.2 Å². The third-order valence-corrected chi connectivity index (χ3v) is 8.22. The predicted molar refractivity (Wildman–Crippen MR) is 180 cm³/mol. The quantitative estimate of drug-likeness (QED) is 0.107. The Hall–Kier alpha value is -3.49. The number of hydrogen-bond acceptors (Lipinski definition) is 6. The Morgan fingerprint density at radius 1 is 0.844 bits per heavy atom. The minimum absolute atomic E-state index is 0.156. The molecule has 1 unspecified atom stereocenters. The van der Waals surface area contributed by atoms with Gasteiger partial charge in [0, 0.05) is 24.4 Å². The number of carbonyl (C=O) groups excluding carboxylic acids is 3. The average molecular weight is 620 g/mol. The Bertz CT molecular complexity index is 1400. The first-order chi connectivity index (χ1) is 21.7. The van der Waals surface area contributed by atoms with E-state index in [0.717, 1.165) is 45.3 Å². The number of fused-ring (bicyclic) bond motifs is 1. The van der Waals surface area contributed by atoms with Crippen molar-refractivity contribution in [2.24, 2.45) is 5.73 Å². The molecule has 246 valence electrons. The van der Waals surface area contributed by atoms with Gasteiger partial charge in [0.25, 0.3) is 5.91 Å². The van der Waals surface area contributed by atoms with Crippen molar-refractivity contribution in [2.45, 2.75) is 105 Å². The monoisotopic (exact) mass is 619 g/mol. The first kappa shape index (κ1) is 36.0. The largest absolute Gasteiger partial charge is 0.459 e. The van der Waals surface area contributed by atoms with Crippen LogP contribution in [-0.2, 0) is 27.1 Å². The van der Waals surface area contributed by atoms with E-state index in [-0.39, 0.29) is 11.9 Å². The average Bonchev–Trinajstić information content (AvgIpc) is 3.33. The maximum absolute atomic E-state index is 14.2. The molecule has 3 aromatic rings. The van der Waals surface area contributed by atoms with Gasteiger partial charge in [0.1, 0.15) is 0 Å². The number of rotatable bonds is 20. The van der Waals surface area contributed by atoms with E-state index in [1.807, 2.05) is 24.3 Å². The molecular formula is C37H53N3O5. The van der Waals surface area contributed by atoms with Crippen molar-refractivity contribution in [1.29, 1.82) is 0 Å². The molecule has 1 amide bonds. The number of ketones is 1. The highest BCUT2D eigenvalue weighted by Gasteiger charge is 2.31. The molecule has 8 nitrogen and oxygen atoms in total. The van der Waals surface area contributed by atoms with Crippen molar-refractivity contribution in [3.63, 3.8) is 0 Å². The summed E-state index contributed by atoms with van der Waals surface area (Å²) < 4.78 is 12.8. The highest BCUT2D eigenvalue weighted by molar-refractivity contribution is 6.10. The fraction of sp³-hybridized carbons (Fsp3) is 0.541. The fourth-order valence-corrected chi connectivity index (χ4v) is 5.83. The van der Waals surface area contributed by atoms with Gasteiger partial charge in [-0.3, -0.25) is 9.59 Å². The summed E-state index contributed by atoms with van der Waals surface area (Å²) in [6.07, 6.45) is 9.45. The second kappa shape index (κ2) is 17.9. The summed E-state index contributed by atoms with van der Waals surface area (Å²) in [7, 11) is 1.42. The third-order valence-electron chi connectivity index (χ3n) is 8.22. The summed E-state index contributed by atoms with van der Waals surface area (Å²) in [5.74, 6) is -1.30. The van der Waals surface area contributed by atoms with Gasteiger partial charge in [0.15, 0.2) is 6.10 Å². The van der Waals surface area contributed by atoms with Gasteiger partial charge in [-0.1, -0.05) is 64.3 Å². The molecule has 0 bridgehead atoms. The molecule has 0 saturated heterocycles. The number of aryl methyl sites for hydroxylation is 1. The molecule has 0 aliphatic carbocycles. The van der Waals surface area contributed by atoms with Crippen LogP contribution in [0.25, 0.3) is 5.52 Å². The van der Waals surface area contributed by atoms with Crippen LogP contribution in [0.2, 0.25) is 0 Å². The number of primary amides is 1. The first-order valence-electron chi connectivity index (χ1n) is 16.7. The van der Waals surface area contributed by atoms with Crippen molar-refractivity contribution in [3.05, 3.63) is 76.1 Å². The Kier molecular flexibility index (Phi) is 14.3. The molecule has 0 radical (unpaired) electrons. The number of esters is 1. The SMILES string of the molecule is CCCCc1c(C(OC)C(N)=O)c2cc(C(=O)OC(C)C)ccn2c1C(=O)c1ccc(CCCN(CCCC)CCCC)cc1. The number of amides is 1. The van der Waals surface area contributed by atoms with E-state index in [2.05, 4.69) is 25.7 Å². The standard InChI is InChI=1S/C37H53N3O5/c1-7-10-15-30-32(35(44-6)36(38)42)31-25-29(37(43)45-26(4)5)20-24-40(31)33(30)34(41)28-18-16-27(17-19-28)14-13-23-39(21-11-8-2)22-12-9-3/h16-20,24-26,35H,7-15,21-23H2,1-6H3,(H2,38,42). The van der Waals surface area contributed by atoms with Crippen LogP contribution in [0.15, 0.2) is 42.6 Å². The highest BCUT2D eigenvalue weighted by atomic mass is 16.5. The Morgan fingerprint density at radius 2 is 1.47 bits per heavy atom. The molecule has 1 atom stereocenters. The lowest BCUT2D eigenvalue weighted by molar-refractivity contribution is -0.128. The van der Waals surface area contributed by atoms with Crippen molar-refractivity contribution in [2.75, 3.05) is 26.7 Å². The maximum Gasteiger partial charge on any atom is 0.338 e. The van der Waals surface area contributed by atoms with Crippen LogP contribution in [-0.4, -0.2) is 59.8 Å². The third kappa shape index (κ3) is 9.50. The molecule has 0 saturated carbocycles. The van der Waals surface area contributed by atoms with E-state index < -0.39 is 18.0 Å². The van der Waals surface area contributed by atoms with Gasteiger partial charge in [-0.15, -0.1) is 0 Å². The topological polar surface area (TPSA) is 103 Å². The van der Waals surface area contributed by atoms with Crippen LogP contribution in [0.3, 0.4) is 0 Å². The van der Waals surface area contributed by atoms with Crippen LogP contribution in [0.4, 0.5) is 0 Å². The number of nitrogens with zero attached hydrogens (tertiary/aromatic N) is 2. The molecule has 0 fully saturated rings. The Balaban J connectivity index is 1.98. The lowest BCUT2D eigenvalue weighted by Crippen LogP contribution is -2.27. The van der Waals surface area contributed by atoms with Crippen LogP contribution in [0.1, 0.15) is 129 Å². The molecule has 1 aromatic carbocycles. The number of ether oxygens (including phenoxy) is 2. The molecule has 2 heterocycles. The second-order valence-corrected chi connectivity index (χ2v) is 12.2. The number of hydrogen-bond donors (Lipinski definition) is 1. The van der Waals surface area contributed by atoms with Crippen molar-refractivity contribution in [3.8, 4) is 0 Å². The number of aromatic nitrogens is 1. The van der Waals surface area contributed by atoms with Gasteiger partial charge >= 0.3 is 5.97 Å². The second-order valence-electron chi connectivity index (χ2n) is 12.2. The molecule has 3 rings (SSSR count). The van der Waals surface area contributed by atoms with Crippen LogP contribution in [0, 0.1) is 0 Å². The number of benzene rings is 1. The van der Waals surface area contributed by atoms with E-state index in [9.17, 15) is 14.4 Å². The number of unbranched alkanes of at least 4 members (excludes halogenated alkanes) is 3. The zero-order valence-corrected chi connectivity index (χ0v) is 28.2. The number of carbonyl (C=O) groups is 3. The van der Waals surface area contributed by atoms with E-state index in [4.69, 9.17) is 15.2 Å². The molecule has 45 heavy (non-hydrogen) atoms. The predicted octanol–water partition coefficient (Wildman–Crippen LogP) is 7.09. The summed E-state index contributed by atoms with van der Waals surface area (Å²) >= 11 is 0. The summed E-state index contributed by atoms with van der Waals surface area (Å²) in [6.45, 7) is 13.5. The van der Waals surface area contributed by atoms with Gasteiger partial charge in [-0.25, -0.2) is 4.79 Å². The van der Waals surface area contributed by atoms with E-state index >= 15 is 0 Å². The van der Waals surface area contributed by atoms with Crippen LogP contribution >= 0.6 is 0 Å². The lowest BCUT2D eigenvalue weighted by Gasteiger charge is -2.21. The number of methoxy groups -OCH3 is 1. The van der Waals surface area contributed by atoms with Gasteiger partial charge in [0.05, 0.1) is 22.9 Å². The van der Waals surface area contributed by atoms with Crippen molar-refractivity contribution < 1.29 is 23.9 Å². The highest BCUT2D eigenvalue weighted by Crippen LogP contribution is 2.34. The molecule has 0 aliphatic rings. The molecule has 8 heteroatoms.